The Morgan fingerprint density at radius 2 is 1.89 bits per heavy atom. The lowest BCUT2D eigenvalue weighted by Crippen LogP contribution is -2.69. The molecule has 1 atom stereocenters. The molecule has 0 spiro atoms. The second-order valence-corrected chi connectivity index (χ2v) is 5.58. The molecule has 27 heavy (non-hydrogen) atoms. The first-order valence-electron chi connectivity index (χ1n) is 7.46. The largest absolute Gasteiger partial charge is 0.467 e. The standard InChI is InChI=1S/C16H11F4N3O4/c17-11-6-2-1-5-10(11)12(24)21-15(16(18,19)20)13(25)23(14(26)22-15)8-9-4-3-7-27-9/h1-7H,8H2,(H,21,24)(H,22,26)/t15-/m1/s1. The number of hydrogen-bond donors (Lipinski definition) is 2. The van der Waals surface area contributed by atoms with Gasteiger partial charge in [-0.2, -0.15) is 13.2 Å². The van der Waals surface area contributed by atoms with Gasteiger partial charge in [0, 0.05) is 0 Å². The van der Waals surface area contributed by atoms with Crippen molar-refractivity contribution in [3.8, 4) is 0 Å². The van der Waals surface area contributed by atoms with E-state index in [0.717, 1.165) is 12.1 Å². The number of benzene rings is 1. The molecule has 1 aromatic heterocycles. The van der Waals surface area contributed by atoms with Gasteiger partial charge in [0.05, 0.1) is 18.4 Å². The molecule has 1 saturated heterocycles. The number of nitrogens with one attached hydrogen (secondary N) is 2. The highest BCUT2D eigenvalue weighted by atomic mass is 19.4. The molecule has 1 aromatic carbocycles. The van der Waals surface area contributed by atoms with E-state index in [2.05, 4.69) is 0 Å². The SMILES string of the molecule is O=C(N[C@@]1(C(F)(F)F)NC(=O)N(Cc2ccco2)C1=O)c1ccccc1F. The Labute approximate surface area is 148 Å². The third kappa shape index (κ3) is 3.11. The number of carbonyl (C=O) groups is 3. The van der Waals surface area contributed by atoms with E-state index in [9.17, 15) is 31.9 Å². The summed E-state index contributed by atoms with van der Waals surface area (Å²) in [5.74, 6) is -4.31. The fourth-order valence-corrected chi connectivity index (χ4v) is 2.51. The van der Waals surface area contributed by atoms with Crippen molar-refractivity contribution in [2.24, 2.45) is 0 Å². The molecule has 11 heteroatoms. The van der Waals surface area contributed by atoms with E-state index in [0.29, 0.717) is 0 Å². The number of urea groups is 1. The van der Waals surface area contributed by atoms with Crippen LogP contribution in [0.3, 0.4) is 0 Å². The van der Waals surface area contributed by atoms with Gasteiger partial charge in [0.2, 0.25) is 0 Å². The summed E-state index contributed by atoms with van der Waals surface area (Å²) < 4.78 is 59.6. The van der Waals surface area contributed by atoms with Crippen molar-refractivity contribution in [1.82, 2.24) is 15.5 Å². The van der Waals surface area contributed by atoms with E-state index in [1.807, 2.05) is 0 Å². The van der Waals surface area contributed by atoms with Gasteiger partial charge < -0.3 is 9.73 Å². The molecule has 2 N–H and O–H groups in total. The number of amides is 4. The topological polar surface area (TPSA) is 91.7 Å². The highest BCUT2D eigenvalue weighted by Crippen LogP contribution is 2.34. The number of furan rings is 1. The fraction of sp³-hybridized carbons (Fsp3) is 0.188. The zero-order valence-corrected chi connectivity index (χ0v) is 13.3. The highest BCUT2D eigenvalue weighted by Gasteiger charge is 2.69. The van der Waals surface area contributed by atoms with E-state index in [1.165, 1.54) is 41.2 Å². The van der Waals surface area contributed by atoms with Crippen LogP contribution >= 0.6 is 0 Å². The summed E-state index contributed by atoms with van der Waals surface area (Å²) in [5.41, 5.74) is -4.44. The number of alkyl halides is 3. The third-order valence-electron chi connectivity index (χ3n) is 3.84. The summed E-state index contributed by atoms with van der Waals surface area (Å²) in [4.78, 5) is 36.8. The normalized spacial score (nSPS) is 19.9. The van der Waals surface area contributed by atoms with Crippen molar-refractivity contribution in [3.05, 3.63) is 59.8 Å². The summed E-state index contributed by atoms with van der Waals surface area (Å²) in [5, 5.41) is 2.88. The van der Waals surface area contributed by atoms with Gasteiger partial charge in [0.1, 0.15) is 11.6 Å². The zero-order chi connectivity index (χ0) is 19.8. The first-order chi connectivity index (χ1) is 12.7. The smallest absolute Gasteiger partial charge is 0.440 e. The molecule has 3 rings (SSSR count). The van der Waals surface area contributed by atoms with Crippen molar-refractivity contribution in [2.45, 2.75) is 18.4 Å². The number of imide groups is 1. The molecule has 0 radical (unpaired) electrons. The lowest BCUT2D eigenvalue weighted by molar-refractivity contribution is -0.200. The van der Waals surface area contributed by atoms with Crippen LogP contribution in [0.25, 0.3) is 0 Å². The molecule has 2 aromatic rings. The molecular weight excluding hydrogens is 374 g/mol. The predicted molar refractivity (Wildman–Crippen MR) is 80.4 cm³/mol. The molecule has 0 unspecified atom stereocenters. The van der Waals surface area contributed by atoms with Crippen LogP contribution in [-0.4, -0.2) is 34.6 Å². The number of rotatable bonds is 4. The quantitative estimate of drug-likeness (QED) is 0.623. The Morgan fingerprint density at radius 3 is 2.48 bits per heavy atom. The van der Waals surface area contributed by atoms with Crippen LogP contribution in [0.1, 0.15) is 16.1 Å². The fourth-order valence-electron chi connectivity index (χ4n) is 2.51. The first-order valence-corrected chi connectivity index (χ1v) is 7.46. The number of carbonyl (C=O) groups excluding carboxylic acids is 3. The molecule has 2 heterocycles. The van der Waals surface area contributed by atoms with Gasteiger partial charge in [-0.25, -0.2) is 9.18 Å². The van der Waals surface area contributed by atoms with Gasteiger partial charge in [-0.1, -0.05) is 12.1 Å². The molecule has 1 aliphatic rings. The molecule has 7 nitrogen and oxygen atoms in total. The average Bonchev–Trinajstić information content (AvgIpc) is 3.18. The van der Waals surface area contributed by atoms with Crippen molar-refractivity contribution >= 4 is 17.8 Å². The summed E-state index contributed by atoms with van der Waals surface area (Å²) in [6.45, 7) is -0.578. The van der Waals surface area contributed by atoms with E-state index >= 15 is 0 Å². The van der Waals surface area contributed by atoms with Gasteiger partial charge in [0.15, 0.2) is 0 Å². The Kier molecular flexibility index (Phi) is 4.38. The van der Waals surface area contributed by atoms with E-state index in [-0.39, 0.29) is 10.7 Å². The number of nitrogens with zero attached hydrogens (tertiary/aromatic N) is 1. The van der Waals surface area contributed by atoms with Crippen LogP contribution in [0.5, 0.6) is 0 Å². The minimum Gasteiger partial charge on any atom is -0.467 e. The first kappa shape index (κ1) is 18.4. The van der Waals surface area contributed by atoms with Crippen LogP contribution in [0.15, 0.2) is 47.1 Å². The summed E-state index contributed by atoms with van der Waals surface area (Å²) in [7, 11) is 0. The zero-order valence-electron chi connectivity index (χ0n) is 13.3. The monoisotopic (exact) mass is 385 g/mol. The second-order valence-electron chi connectivity index (χ2n) is 5.58. The van der Waals surface area contributed by atoms with Crippen molar-refractivity contribution in [2.75, 3.05) is 0 Å². The van der Waals surface area contributed by atoms with Gasteiger partial charge in [-0.05, 0) is 24.3 Å². The highest BCUT2D eigenvalue weighted by molar-refractivity contribution is 6.10. The number of halogens is 4. The Bertz CT molecular complexity index is 897. The Hall–Kier alpha value is -3.37. The summed E-state index contributed by atoms with van der Waals surface area (Å²) in [6.07, 6.45) is -4.18. The molecule has 0 bridgehead atoms. The minimum atomic E-state index is -5.39. The maximum atomic E-state index is 13.7. The molecule has 0 saturated carbocycles. The van der Waals surface area contributed by atoms with Crippen LogP contribution in [-0.2, 0) is 11.3 Å². The average molecular weight is 385 g/mol. The van der Waals surface area contributed by atoms with Crippen LogP contribution < -0.4 is 10.6 Å². The van der Waals surface area contributed by atoms with Crippen LogP contribution in [0.2, 0.25) is 0 Å². The summed E-state index contributed by atoms with van der Waals surface area (Å²) in [6, 6.07) is 5.67. The molecule has 1 fully saturated rings. The maximum Gasteiger partial charge on any atom is 0.440 e. The molecule has 1 aliphatic heterocycles. The van der Waals surface area contributed by atoms with E-state index in [1.54, 1.807) is 0 Å². The van der Waals surface area contributed by atoms with Gasteiger partial charge in [0.25, 0.3) is 17.5 Å². The second kappa shape index (κ2) is 6.41. The Morgan fingerprint density at radius 1 is 1.19 bits per heavy atom. The molecule has 4 amide bonds. The van der Waals surface area contributed by atoms with Crippen molar-refractivity contribution < 1.29 is 36.4 Å². The molecular formula is C16H11F4N3O4. The van der Waals surface area contributed by atoms with Crippen LogP contribution in [0, 0.1) is 5.82 Å². The number of hydrogen-bond acceptors (Lipinski definition) is 4. The predicted octanol–water partition coefficient (Wildman–Crippen LogP) is 2.16. The van der Waals surface area contributed by atoms with E-state index < -0.39 is 47.6 Å². The van der Waals surface area contributed by atoms with Gasteiger partial charge >= 0.3 is 12.2 Å². The lowest BCUT2D eigenvalue weighted by atomic mass is 10.1. The van der Waals surface area contributed by atoms with Gasteiger partial charge in [-0.3, -0.25) is 19.8 Å². The van der Waals surface area contributed by atoms with Crippen molar-refractivity contribution in [3.63, 3.8) is 0 Å². The Balaban J connectivity index is 1.94. The van der Waals surface area contributed by atoms with Gasteiger partial charge in [-0.15, -0.1) is 0 Å². The maximum absolute atomic E-state index is 13.7. The van der Waals surface area contributed by atoms with Crippen molar-refractivity contribution in [1.29, 1.82) is 0 Å². The van der Waals surface area contributed by atoms with Crippen LogP contribution in [0.4, 0.5) is 22.4 Å². The minimum absolute atomic E-state index is 0.0527. The molecule has 0 aliphatic carbocycles. The summed E-state index contributed by atoms with van der Waals surface area (Å²) >= 11 is 0. The lowest BCUT2D eigenvalue weighted by Gasteiger charge is -2.29. The van der Waals surface area contributed by atoms with E-state index in [4.69, 9.17) is 4.42 Å². The molecule has 142 valence electrons. The third-order valence-corrected chi connectivity index (χ3v) is 3.84.